The number of aliphatic hydroxyl groups excluding tert-OH is 1. The van der Waals surface area contributed by atoms with Gasteiger partial charge in [0.05, 0.1) is 0 Å². The lowest BCUT2D eigenvalue weighted by Gasteiger charge is -2.28. The third kappa shape index (κ3) is 3.30. The smallest absolute Gasteiger partial charge is 0.0497 e. The molecule has 1 atom stereocenters. The summed E-state index contributed by atoms with van der Waals surface area (Å²) >= 11 is 0. The first-order valence-electron chi connectivity index (χ1n) is 6.72. The zero-order valence-electron chi connectivity index (χ0n) is 10.7. The van der Waals surface area contributed by atoms with Gasteiger partial charge >= 0.3 is 0 Å². The average molecular weight is 233 g/mol. The highest BCUT2D eigenvalue weighted by molar-refractivity contribution is 5.30. The summed E-state index contributed by atoms with van der Waals surface area (Å²) in [6, 6.07) is 8.53. The van der Waals surface area contributed by atoms with E-state index in [0.717, 1.165) is 6.54 Å². The van der Waals surface area contributed by atoms with E-state index in [4.69, 9.17) is 0 Å². The molecule has 94 valence electrons. The first kappa shape index (κ1) is 12.6. The van der Waals surface area contributed by atoms with E-state index in [2.05, 4.69) is 36.1 Å². The summed E-state index contributed by atoms with van der Waals surface area (Å²) in [7, 11) is 0. The second-order valence-corrected chi connectivity index (χ2v) is 5.12. The van der Waals surface area contributed by atoms with Crippen LogP contribution in [0.1, 0.15) is 43.2 Å². The molecule has 2 heteroatoms. The molecule has 0 aliphatic carbocycles. The third-order valence-corrected chi connectivity index (χ3v) is 3.70. The molecule has 2 nitrogen and oxygen atoms in total. The van der Waals surface area contributed by atoms with Crippen LogP contribution in [0.25, 0.3) is 0 Å². The van der Waals surface area contributed by atoms with Crippen molar-refractivity contribution in [2.75, 3.05) is 19.7 Å². The second-order valence-electron chi connectivity index (χ2n) is 5.12. The highest BCUT2D eigenvalue weighted by atomic mass is 16.3. The quantitative estimate of drug-likeness (QED) is 0.864. The Hall–Kier alpha value is -0.860. The van der Waals surface area contributed by atoms with Gasteiger partial charge in [0.1, 0.15) is 0 Å². The monoisotopic (exact) mass is 233 g/mol. The van der Waals surface area contributed by atoms with E-state index in [1.54, 1.807) is 0 Å². The largest absolute Gasteiger partial charge is 0.396 e. The van der Waals surface area contributed by atoms with Crippen LogP contribution in [0.4, 0.5) is 0 Å². The first-order chi connectivity index (χ1) is 8.31. The molecule has 0 radical (unpaired) electrons. The first-order valence-corrected chi connectivity index (χ1v) is 6.72. The second kappa shape index (κ2) is 6.18. The number of likely N-dealkylation sites (tertiary alicyclic amines) is 1. The summed E-state index contributed by atoms with van der Waals surface area (Å²) in [5.41, 5.74) is 2.69. The molecule has 1 heterocycles. The van der Waals surface area contributed by atoms with Gasteiger partial charge in [-0.3, -0.25) is 4.90 Å². The van der Waals surface area contributed by atoms with Gasteiger partial charge in [-0.15, -0.1) is 0 Å². The Labute approximate surface area is 104 Å². The van der Waals surface area contributed by atoms with E-state index in [-0.39, 0.29) is 12.5 Å². The normalized spacial score (nSPS) is 19.2. The summed E-state index contributed by atoms with van der Waals surface area (Å²) in [5, 5.41) is 9.30. The molecule has 1 aromatic carbocycles. The van der Waals surface area contributed by atoms with Crippen LogP contribution in [0.2, 0.25) is 0 Å². The zero-order chi connectivity index (χ0) is 12.1. The summed E-state index contributed by atoms with van der Waals surface area (Å²) in [4.78, 5) is 2.53. The molecule has 2 rings (SSSR count). The van der Waals surface area contributed by atoms with Gasteiger partial charge < -0.3 is 5.11 Å². The molecule has 1 fully saturated rings. The number of benzene rings is 1. The van der Waals surface area contributed by atoms with E-state index in [1.165, 1.54) is 43.5 Å². The van der Waals surface area contributed by atoms with Gasteiger partial charge in [-0.05, 0) is 37.1 Å². The van der Waals surface area contributed by atoms with E-state index >= 15 is 0 Å². The van der Waals surface area contributed by atoms with Crippen LogP contribution >= 0.6 is 0 Å². The van der Waals surface area contributed by atoms with Crippen molar-refractivity contribution in [1.29, 1.82) is 0 Å². The molecule has 1 aromatic rings. The van der Waals surface area contributed by atoms with E-state index in [1.807, 2.05) is 0 Å². The molecular formula is C15H23NO. The Morgan fingerprint density at radius 2 is 1.88 bits per heavy atom. The Bertz CT molecular complexity index is 345. The molecule has 0 aromatic heterocycles. The predicted octanol–water partition coefficient (Wildman–Crippen LogP) is 2.77. The summed E-state index contributed by atoms with van der Waals surface area (Å²) < 4.78 is 0. The van der Waals surface area contributed by atoms with Gasteiger partial charge in [-0.1, -0.05) is 37.6 Å². The van der Waals surface area contributed by atoms with Gasteiger partial charge in [0.25, 0.3) is 0 Å². The van der Waals surface area contributed by atoms with Crippen LogP contribution in [0, 0.1) is 0 Å². The molecule has 1 aliphatic heterocycles. The Balaban J connectivity index is 2.08. The molecule has 0 saturated carbocycles. The minimum Gasteiger partial charge on any atom is -0.396 e. The number of rotatable bonds is 4. The minimum atomic E-state index is 0.233. The molecular weight excluding hydrogens is 210 g/mol. The Kier molecular flexibility index (Phi) is 4.57. The maximum atomic E-state index is 9.30. The lowest BCUT2D eigenvalue weighted by molar-refractivity contribution is 0.218. The van der Waals surface area contributed by atoms with Crippen molar-refractivity contribution in [3.05, 3.63) is 35.4 Å². The molecule has 1 N–H and O–H groups in total. The molecule has 0 amide bonds. The summed E-state index contributed by atoms with van der Waals surface area (Å²) in [5.74, 6) is 0.246. The summed E-state index contributed by atoms with van der Waals surface area (Å²) in [6.07, 6.45) is 4.04. The third-order valence-electron chi connectivity index (χ3n) is 3.70. The maximum absolute atomic E-state index is 9.30. The van der Waals surface area contributed by atoms with E-state index in [0.29, 0.717) is 0 Å². The molecule has 17 heavy (non-hydrogen) atoms. The highest BCUT2D eigenvalue weighted by Crippen LogP contribution is 2.22. The fourth-order valence-electron chi connectivity index (χ4n) is 2.62. The van der Waals surface area contributed by atoms with E-state index < -0.39 is 0 Å². The molecule has 1 unspecified atom stereocenters. The topological polar surface area (TPSA) is 23.5 Å². The van der Waals surface area contributed by atoms with Crippen LogP contribution in [0.3, 0.4) is 0 Å². The van der Waals surface area contributed by atoms with Crippen molar-refractivity contribution >= 4 is 0 Å². The fraction of sp³-hybridized carbons (Fsp3) is 0.600. The fourth-order valence-corrected chi connectivity index (χ4v) is 2.62. The predicted molar refractivity (Wildman–Crippen MR) is 71.1 cm³/mol. The number of hydrogen-bond donors (Lipinski definition) is 1. The van der Waals surface area contributed by atoms with Gasteiger partial charge in [-0.2, -0.15) is 0 Å². The van der Waals surface area contributed by atoms with Gasteiger partial charge in [0.15, 0.2) is 0 Å². The van der Waals surface area contributed by atoms with Gasteiger partial charge in [0.2, 0.25) is 0 Å². The van der Waals surface area contributed by atoms with Crippen LogP contribution in [0.5, 0.6) is 0 Å². The Morgan fingerprint density at radius 1 is 1.18 bits per heavy atom. The van der Waals surface area contributed by atoms with Crippen LogP contribution in [0.15, 0.2) is 24.3 Å². The zero-order valence-corrected chi connectivity index (χ0v) is 10.7. The van der Waals surface area contributed by atoms with E-state index in [9.17, 15) is 5.11 Å². The molecule has 0 spiro atoms. The molecule has 1 saturated heterocycles. The van der Waals surface area contributed by atoms with Crippen LogP contribution < -0.4 is 0 Å². The number of piperidine rings is 1. The van der Waals surface area contributed by atoms with Crippen molar-refractivity contribution in [3.63, 3.8) is 0 Å². The average Bonchev–Trinajstić information content (AvgIpc) is 2.40. The lowest BCUT2D eigenvalue weighted by atomic mass is 9.95. The van der Waals surface area contributed by atoms with Crippen LogP contribution in [-0.4, -0.2) is 29.7 Å². The van der Waals surface area contributed by atoms with Crippen LogP contribution in [-0.2, 0) is 6.54 Å². The van der Waals surface area contributed by atoms with Crippen molar-refractivity contribution in [1.82, 2.24) is 4.90 Å². The SMILES string of the molecule is CC(CO)c1ccccc1CN1CCCCC1. The lowest BCUT2D eigenvalue weighted by Crippen LogP contribution is -2.29. The molecule has 0 bridgehead atoms. The standard InChI is InChI=1S/C15H23NO/c1-13(12-17)15-8-4-3-7-14(15)11-16-9-5-2-6-10-16/h3-4,7-8,13,17H,2,5-6,9-12H2,1H3. The van der Waals surface area contributed by atoms with Crippen molar-refractivity contribution in [2.45, 2.75) is 38.6 Å². The number of nitrogens with zero attached hydrogens (tertiary/aromatic N) is 1. The minimum absolute atomic E-state index is 0.233. The van der Waals surface area contributed by atoms with Gasteiger partial charge in [0, 0.05) is 19.1 Å². The number of hydrogen-bond acceptors (Lipinski definition) is 2. The molecule has 1 aliphatic rings. The van der Waals surface area contributed by atoms with Crippen molar-refractivity contribution in [2.24, 2.45) is 0 Å². The maximum Gasteiger partial charge on any atom is 0.0497 e. The van der Waals surface area contributed by atoms with Crippen molar-refractivity contribution < 1.29 is 5.11 Å². The number of aliphatic hydroxyl groups is 1. The van der Waals surface area contributed by atoms with Gasteiger partial charge in [-0.25, -0.2) is 0 Å². The van der Waals surface area contributed by atoms with Crippen molar-refractivity contribution in [3.8, 4) is 0 Å². The summed E-state index contributed by atoms with van der Waals surface area (Å²) in [6.45, 7) is 5.82. The Morgan fingerprint density at radius 3 is 2.59 bits per heavy atom. The highest BCUT2D eigenvalue weighted by Gasteiger charge is 2.14.